The van der Waals surface area contributed by atoms with Crippen LogP contribution in [0.1, 0.15) is 52.4 Å². The summed E-state index contributed by atoms with van der Waals surface area (Å²) >= 11 is 0. The van der Waals surface area contributed by atoms with E-state index < -0.39 is 5.54 Å². The first-order chi connectivity index (χ1) is 8.49. The van der Waals surface area contributed by atoms with E-state index in [9.17, 15) is 4.79 Å². The second-order valence-electron chi connectivity index (χ2n) is 5.71. The smallest absolute Gasteiger partial charge is 0.240 e. The Morgan fingerprint density at radius 2 is 2.00 bits per heavy atom. The van der Waals surface area contributed by atoms with Gasteiger partial charge in [-0.15, -0.1) is 0 Å². The summed E-state index contributed by atoms with van der Waals surface area (Å²) in [5.41, 5.74) is 5.58. The summed E-state index contributed by atoms with van der Waals surface area (Å²) in [6.07, 6.45) is 6.17. The van der Waals surface area contributed by atoms with E-state index in [0.29, 0.717) is 12.6 Å². The van der Waals surface area contributed by atoms with Crippen molar-refractivity contribution in [2.24, 2.45) is 5.73 Å². The fourth-order valence-corrected chi connectivity index (χ4v) is 2.46. The normalized spacial score (nSPS) is 20.7. The van der Waals surface area contributed by atoms with Crippen molar-refractivity contribution in [2.45, 2.75) is 64.0 Å². The van der Waals surface area contributed by atoms with Gasteiger partial charge in [0.25, 0.3) is 0 Å². The van der Waals surface area contributed by atoms with Gasteiger partial charge in [-0.25, -0.2) is 0 Å². The van der Waals surface area contributed by atoms with E-state index in [1.165, 1.54) is 6.42 Å². The molecule has 0 aromatic carbocycles. The van der Waals surface area contributed by atoms with Crippen LogP contribution < -0.4 is 11.1 Å². The molecule has 18 heavy (non-hydrogen) atoms. The van der Waals surface area contributed by atoms with Crippen LogP contribution in [0.3, 0.4) is 0 Å². The maximum Gasteiger partial charge on any atom is 0.240 e. The minimum Gasteiger partial charge on any atom is -0.353 e. The molecule has 0 aromatic rings. The molecular weight excluding hydrogens is 226 g/mol. The lowest BCUT2D eigenvalue weighted by atomic mass is 9.82. The van der Waals surface area contributed by atoms with Crippen LogP contribution in [-0.4, -0.2) is 42.5 Å². The molecular formula is C14H29N3O. The second-order valence-corrected chi connectivity index (χ2v) is 5.71. The molecule has 0 heterocycles. The van der Waals surface area contributed by atoms with Crippen LogP contribution in [0.4, 0.5) is 0 Å². The van der Waals surface area contributed by atoms with E-state index in [1.807, 2.05) is 0 Å². The molecule has 0 bridgehead atoms. The molecule has 1 amide bonds. The molecule has 1 fully saturated rings. The Bertz CT molecular complexity index is 262. The summed E-state index contributed by atoms with van der Waals surface area (Å²) in [5.74, 6) is 0.0414. The number of amides is 1. The van der Waals surface area contributed by atoms with Crippen molar-refractivity contribution in [3.05, 3.63) is 0 Å². The number of nitrogens with two attached hydrogens (primary N) is 1. The second kappa shape index (κ2) is 7.10. The predicted molar refractivity (Wildman–Crippen MR) is 75.4 cm³/mol. The van der Waals surface area contributed by atoms with Crippen LogP contribution in [-0.2, 0) is 4.79 Å². The van der Waals surface area contributed by atoms with Gasteiger partial charge in [0.15, 0.2) is 0 Å². The number of likely N-dealkylation sites (N-methyl/N-ethyl adjacent to an activating group) is 1. The average molecular weight is 255 g/mol. The van der Waals surface area contributed by atoms with Crippen molar-refractivity contribution in [1.82, 2.24) is 10.2 Å². The third-order valence-corrected chi connectivity index (χ3v) is 4.29. The summed E-state index contributed by atoms with van der Waals surface area (Å²) in [4.78, 5) is 14.4. The fraction of sp³-hybridized carbons (Fsp3) is 0.929. The topological polar surface area (TPSA) is 58.4 Å². The molecule has 0 aliphatic heterocycles. The number of nitrogens with zero attached hydrogens (tertiary/aromatic N) is 1. The van der Waals surface area contributed by atoms with Crippen molar-refractivity contribution < 1.29 is 4.79 Å². The van der Waals surface area contributed by atoms with E-state index in [4.69, 9.17) is 5.73 Å². The third kappa shape index (κ3) is 4.25. The average Bonchev–Trinajstić information content (AvgIpc) is 2.38. The Hall–Kier alpha value is -0.610. The van der Waals surface area contributed by atoms with Gasteiger partial charge in [-0.2, -0.15) is 0 Å². The van der Waals surface area contributed by atoms with Gasteiger partial charge < -0.3 is 16.0 Å². The highest BCUT2D eigenvalue weighted by Crippen LogP contribution is 2.25. The Kier molecular flexibility index (Phi) is 6.09. The molecule has 0 saturated heterocycles. The molecule has 1 aliphatic carbocycles. The molecule has 3 N–H and O–H groups in total. The van der Waals surface area contributed by atoms with Gasteiger partial charge in [0.1, 0.15) is 0 Å². The predicted octanol–water partition coefficient (Wildman–Crippen LogP) is 1.49. The van der Waals surface area contributed by atoms with E-state index in [-0.39, 0.29) is 5.91 Å². The SMILES string of the molecule is CCC(C)N(C)CCNC(=O)C1(N)CCCCC1. The van der Waals surface area contributed by atoms with Gasteiger partial charge in [-0.1, -0.05) is 26.2 Å². The Labute approximate surface area is 111 Å². The summed E-state index contributed by atoms with van der Waals surface area (Å²) in [5, 5.41) is 3.00. The van der Waals surface area contributed by atoms with Gasteiger partial charge >= 0.3 is 0 Å². The van der Waals surface area contributed by atoms with Crippen molar-refractivity contribution in [2.75, 3.05) is 20.1 Å². The van der Waals surface area contributed by atoms with Crippen LogP contribution in [0, 0.1) is 0 Å². The summed E-state index contributed by atoms with van der Waals surface area (Å²) < 4.78 is 0. The number of carbonyl (C=O) groups excluding carboxylic acids is 1. The van der Waals surface area contributed by atoms with Crippen LogP contribution in [0.15, 0.2) is 0 Å². The van der Waals surface area contributed by atoms with Gasteiger partial charge in [0.2, 0.25) is 5.91 Å². The Morgan fingerprint density at radius 1 is 1.39 bits per heavy atom. The largest absolute Gasteiger partial charge is 0.353 e. The van der Waals surface area contributed by atoms with Crippen LogP contribution in [0.2, 0.25) is 0 Å². The Morgan fingerprint density at radius 3 is 2.56 bits per heavy atom. The number of nitrogens with one attached hydrogen (secondary N) is 1. The van der Waals surface area contributed by atoms with Crippen LogP contribution in [0.5, 0.6) is 0 Å². The first-order valence-electron chi connectivity index (χ1n) is 7.27. The fourth-order valence-electron chi connectivity index (χ4n) is 2.46. The minimum atomic E-state index is -0.604. The highest BCUT2D eigenvalue weighted by atomic mass is 16.2. The zero-order valence-electron chi connectivity index (χ0n) is 12.2. The molecule has 0 radical (unpaired) electrons. The van der Waals surface area contributed by atoms with Crippen molar-refractivity contribution >= 4 is 5.91 Å². The molecule has 0 aromatic heterocycles. The lowest BCUT2D eigenvalue weighted by Gasteiger charge is -2.32. The summed E-state index contributed by atoms with van der Waals surface area (Å²) in [6, 6.07) is 0.559. The molecule has 1 atom stereocenters. The lowest BCUT2D eigenvalue weighted by molar-refractivity contribution is -0.127. The number of hydrogen-bond donors (Lipinski definition) is 2. The van der Waals surface area contributed by atoms with Crippen LogP contribution in [0.25, 0.3) is 0 Å². The van der Waals surface area contributed by atoms with E-state index in [1.54, 1.807) is 0 Å². The number of rotatable bonds is 6. The number of hydrogen-bond acceptors (Lipinski definition) is 3. The maximum absolute atomic E-state index is 12.1. The van der Waals surface area contributed by atoms with Crippen molar-refractivity contribution in [1.29, 1.82) is 0 Å². The van der Waals surface area contributed by atoms with Crippen molar-refractivity contribution in [3.63, 3.8) is 0 Å². The molecule has 4 nitrogen and oxygen atoms in total. The molecule has 0 spiro atoms. The monoisotopic (exact) mass is 255 g/mol. The van der Waals surface area contributed by atoms with E-state index >= 15 is 0 Å². The highest BCUT2D eigenvalue weighted by molar-refractivity contribution is 5.86. The highest BCUT2D eigenvalue weighted by Gasteiger charge is 2.34. The minimum absolute atomic E-state index is 0.0414. The van der Waals surface area contributed by atoms with Gasteiger partial charge in [0, 0.05) is 19.1 Å². The van der Waals surface area contributed by atoms with Gasteiger partial charge in [-0.3, -0.25) is 4.79 Å². The molecule has 1 unspecified atom stereocenters. The molecule has 1 saturated carbocycles. The lowest BCUT2D eigenvalue weighted by Crippen LogP contribution is -2.55. The summed E-state index contributed by atoms with van der Waals surface area (Å²) in [6.45, 7) is 5.96. The zero-order chi connectivity index (χ0) is 13.6. The summed E-state index contributed by atoms with van der Waals surface area (Å²) in [7, 11) is 2.10. The standard InChI is InChI=1S/C14H29N3O/c1-4-12(2)17(3)11-10-16-13(18)14(15)8-6-5-7-9-14/h12H,4-11,15H2,1-3H3,(H,16,18). The molecule has 1 aliphatic rings. The molecule has 106 valence electrons. The van der Waals surface area contributed by atoms with Gasteiger partial charge in [0.05, 0.1) is 5.54 Å². The zero-order valence-corrected chi connectivity index (χ0v) is 12.2. The van der Waals surface area contributed by atoms with Gasteiger partial charge in [-0.05, 0) is 33.2 Å². The number of carbonyl (C=O) groups is 1. The molecule has 4 heteroatoms. The van der Waals surface area contributed by atoms with Crippen molar-refractivity contribution in [3.8, 4) is 0 Å². The Balaban J connectivity index is 2.28. The quantitative estimate of drug-likeness (QED) is 0.756. The maximum atomic E-state index is 12.1. The van der Waals surface area contributed by atoms with E-state index in [0.717, 1.165) is 38.6 Å². The first-order valence-corrected chi connectivity index (χ1v) is 7.27. The molecule has 1 rings (SSSR count). The van der Waals surface area contributed by atoms with Crippen LogP contribution >= 0.6 is 0 Å². The first kappa shape index (κ1) is 15.4. The van der Waals surface area contributed by atoms with E-state index in [2.05, 4.69) is 31.1 Å². The third-order valence-electron chi connectivity index (χ3n) is 4.29.